The van der Waals surface area contributed by atoms with Crippen molar-refractivity contribution in [1.29, 1.82) is 0 Å². The molecule has 2 heterocycles. The Bertz CT molecular complexity index is 1150. The van der Waals surface area contributed by atoms with Crippen LogP contribution in [0.5, 0.6) is 0 Å². The van der Waals surface area contributed by atoms with E-state index in [1.165, 1.54) is 4.90 Å². The molecule has 0 saturated carbocycles. The van der Waals surface area contributed by atoms with Crippen LogP contribution < -0.4 is 4.90 Å². The minimum absolute atomic E-state index is 0.0141. The molecule has 1 atom stereocenters. The van der Waals surface area contributed by atoms with E-state index in [9.17, 15) is 31.2 Å². The van der Waals surface area contributed by atoms with Crippen molar-refractivity contribution in [3.8, 4) is 0 Å². The van der Waals surface area contributed by atoms with Crippen molar-refractivity contribution >= 4 is 27.5 Å². The molecule has 1 saturated heterocycles. The lowest BCUT2D eigenvalue weighted by Crippen LogP contribution is -2.46. The number of imide groups is 1. The smallest absolute Gasteiger partial charge is 0.303 e. The van der Waals surface area contributed by atoms with Crippen LogP contribution in [-0.4, -0.2) is 41.3 Å². The summed E-state index contributed by atoms with van der Waals surface area (Å²) in [7, 11) is -5.55. The number of aromatic nitrogens is 1. The second-order valence-electron chi connectivity index (χ2n) is 8.72. The van der Waals surface area contributed by atoms with E-state index >= 15 is 0 Å². The van der Waals surface area contributed by atoms with E-state index in [1.54, 1.807) is 38.4 Å². The largest absolute Gasteiger partial charge is 0.501 e. The number of halogens is 3. The number of urea groups is 1. The lowest BCUT2D eigenvalue weighted by Gasteiger charge is -2.36. The lowest BCUT2D eigenvalue weighted by molar-refractivity contribution is -0.124. The van der Waals surface area contributed by atoms with Gasteiger partial charge in [-0.05, 0) is 68.1 Å². The minimum atomic E-state index is -5.55. The van der Waals surface area contributed by atoms with Gasteiger partial charge < -0.3 is 4.90 Å². The molecule has 1 aromatic carbocycles. The second-order valence-corrected chi connectivity index (χ2v) is 10.7. The van der Waals surface area contributed by atoms with Crippen LogP contribution in [0, 0.1) is 5.92 Å². The molecule has 11 heteroatoms. The first-order chi connectivity index (χ1) is 15.2. The number of hydrogen-bond acceptors (Lipinski definition) is 5. The number of hydrogen-bond donors (Lipinski definition) is 0. The molecular weight excluding hydrogens is 459 g/mol. The standard InChI is InChI=1S/C22H24F3N3O4S/c1-14(2)13-18(15-9-11-26-12-10-15)28-20(30)27(19(29)21(28,3)4)16-5-7-17(8-6-16)33(31,32)22(23,24)25/h5-12,14,18H,13H2,1-4H3. The number of amides is 3. The number of carbonyl (C=O) groups is 2. The highest BCUT2D eigenvalue weighted by atomic mass is 32.2. The summed E-state index contributed by atoms with van der Waals surface area (Å²) in [5.41, 5.74) is -5.93. The number of alkyl halides is 3. The molecule has 3 amide bonds. The van der Waals surface area contributed by atoms with Crippen LogP contribution in [-0.2, 0) is 14.6 Å². The van der Waals surface area contributed by atoms with Crippen LogP contribution in [0.15, 0.2) is 53.7 Å². The predicted octanol–water partition coefficient (Wildman–Crippen LogP) is 4.71. The maximum absolute atomic E-state index is 13.5. The molecule has 2 aromatic rings. The third-order valence-electron chi connectivity index (χ3n) is 5.53. The van der Waals surface area contributed by atoms with Crippen molar-refractivity contribution in [2.24, 2.45) is 5.92 Å². The Morgan fingerprint density at radius 1 is 1.00 bits per heavy atom. The number of carbonyl (C=O) groups excluding carboxylic acids is 2. The molecule has 1 fully saturated rings. The van der Waals surface area contributed by atoms with Crippen LogP contribution in [0.25, 0.3) is 0 Å². The van der Waals surface area contributed by atoms with Gasteiger partial charge in [-0.15, -0.1) is 0 Å². The Kier molecular flexibility index (Phi) is 6.31. The number of benzene rings is 1. The second kappa shape index (κ2) is 8.44. The molecule has 1 aliphatic heterocycles. The fourth-order valence-electron chi connectivity index (χ4n) is 3.89. The first-order valence-corrected chi connectivity index (χ1v) is 11.7. The molecule has 1 aromatic heterocycles. The van der Waals surface area contributed by atoms with E-state index in [0.717, 1.165) is 34.7 Å². The molecule has 0 spiro atoms. The zero-order valence-corrected chi connectivity index (χ0v) is 19.3. The Morgan fingerprint density at radius 2 is 1.55 bits per heavy atom. The van der Waals surface area contributed by atoms with E-state index in [0.29, 0.717) is 6.42 Å². The van der Waals surface area contributed by atoms with Crippen LogP contribution >= 0.6 is 0 Å². The fraction of sp³-hybridized carbons (Fsp3) is 0.409. The van der Waals surface area contributed by atoms with Crippen molar-refractivity contribution in [2.75, 3.05) is 4.90 Å². The third-order valence-corrected chi connectivity index (χ3v) is 7.04. The van der Waals surface area contributed by atoms with E-state index < -0.39 is 43.8 Å². The van der Waals surface area contributed by atoms with Crippen molar-refractivity contribution in [1.82, 2.24) is 9.88 Å². The van der Waals surface area contributed by atoms with Crippen molar-refractivity contribution in [3.63, 3.8) is 0 Å². The summed E-state index contributed by atoms with van der Waals surface area (Å²) in [5, 5.41) is 0. The molecular formula is C22H24F3N3O4S. The molecule has 178 valence electrons. The highest BCUT2D eigenvalue weighted by Gasteiger charge is 2.54. The summed E-state index contributed by atoms with van der Waals surface area (Å²) in [5.74, 6) is -0.385. The Balaban J connectivity index is 2.03. The average Bonchev–Trinajstić information content (AvgIpc) is 2.90. The van der Waals surface area contributed by atoms with E-state index in [-0.39, 0.29) is 11.6 Å². The maximum Gasteiger partial charge on any atom is 0.501 e. The lowest BCUT2D eigenvalue weighted by atomic mass is 9.92. The summed E-state index contributed by atoms with van der Waals surface area (Å²) in [6.07, 6.45) is 3.74. The monoisotopic (exact) mass is 483 g/mol. The van der Waals surface area contributed by atoms with Crippen molar-refractivity contribution in [2.45, 2.75) is 56.1 Å². The number of pyridine rings is 1. The average molecular weight is 484 g/mol. The van der Waals surface area contributed by atoms with Gasteiger partial charge in [0.1, 0.15) is 5.54 Å². The van der Waals surface area contributed by atoms with E-state index in [1.807, 2.05) is 13.8 Å². The summed E-state index contributed by atoms with van der Waals surface area (Å²) in [6.45, 7) is 7.18. The molecule has 1 aliphatic rings. The molecule has 0 radical (unpaired) electrons. The summed E-state index contributed by atoms with van der Waals surface area (Å²) in [6, 6.07) is 5.97. The van der Waals surface area contributed by atoms with Crippen molar-refractivity contribution < 1.29 is 31.2 Å². The van der Waals surface area contributed by atoms with Gasteiger partial charge in [0.25, 0.3) is 15.7 Å². The quantitative estimate of drug-likeness (QED) is 0.556. The van der Waals surface area contributed by atoms with Gasteiger partial charge >= 0.3 is 11.5 Å². The SMILES string of the molecule is CC(C)CC(c1ccncc1)N1C(=O)N(c2ccc(S(=O)(=O)C(F)(F)F)cc2)C(=O)C1(C)C. The van der Waals surface area contributed by atoms with Gasteiger partial charge in [-0.2, -0.15) is 13.2 Å². The third kappa shape index (κ3) is 4.33. The fourth-order valence-corrected chi connectivity index (χ4v) is 4.65. The molecule has 33 heavy (non-hydrogen) atoms. The molecule has 3 rings (SSSR count). The minimum Gasteiger partial charge on any atom is -0.303 e. The highest BCUT2D eigenvalue weighted by molar-refractivity contribution is 7.92. The van der Waals surface area contributed by atoms with Gasteiger partial charge in [0.15, 0.2) is 0 Å². The molecule has 1 unspecified atom stereocenters. The topological polar surface area (TPSA) is 87.7 Å². The van der Waals surface area contributed by atoms with Gasteiger partial charge in [-0.25, -0.2) is 18.1 Å². The van der Waals surface area contributed by atoms with Crippen LogP contribution in [0.4, 0.5) is 23.7 Å². The number of anilines is 1. The van der Waals surface area contributed by atoms with E-state index in [2.05, 4.69) is 4.98 Å². The van der Waals surface area contributed by atoms with Gasteiger partial charge in [0.05, 0.1) is 16.6 Å². The molecule has 0 N–H and O–H groups in total. The van der Waals surface area contributed by atoms with Gasteiger partial charge in [-0.3, -0.25) is 9.78 Å². The number of nitrogens with zero attached hydrogens (tertiary/aromatic N) is 3. The Hall–Kier alpha value is -2.95. The van der Waals surface area contributed by atoms with Crippen LogP contribution in [0.2, 0.25) is 0 Å². The number of sulfone groups is 1. The van der Waals surface area contributed by atoms with Crippen molar-refractivity contribution in [3.05, 3.63) is 54.4 Å². The normalized spacial score (nSPS) is 17.7. The van der Waals surface area contributed by atoms with Gasteiger partial charge in [0.2, 0.25) is 0 Å². The zero-order chi connectivity index (χ0) is 24.8. The Labute approximate surface area is 190 Å². The molecule has 7 nitrogen and oxygen atoms in total. The maximum atomic E-state index is 13.5. The first kappa shape index (κ1) is 24.7. The summed E-state index contributed by atoms with van der Waals surface area (Å²) < 4.78 is 61.8. The van der Waals surface area contributed by atoms with Crippen LogP contribution in [0.1, 0.15) is 45.7 Å². The Morgan fingerprint density at radius 3 is 2.03 bits per heavy atom. The van der Waals surface area contributed by atoms with Gasteiger partial charge in [0, 0.05) is 12.4 Å². The predicted molar refractivity (Wildman–Crippen MR) is 115 cm³/mol. The zero-order valence-electron chi connectivity index (χ0n) is 18.5. The number of rotatable bonds is 6. The summed E-state index contributed by atoms with van der Waals surface area (Å²) in [4.78, 5) is 32.1. The van der Waals surface area contributed by atoms with E-state index in [4.69, 9.17) is 0 Å². The summed E-state index contributed by atoms with van der Waals surface area (Å²) >= 11 is 0. The van der Waals surface area contributed by atoms with Gasteiger partial charge in [-0.1, -0.05) is 13.8 Å². The first-order valence-electron chi connectivity index (χ1n) is 10.2. The van der Waals surface area contributed by atoms with Crippen LogP contribution in [0.3, 0.4) is 0 Å². The highest BCUT2D eigenvalue weighted by Crippen LogP contribution is 2.41. The molecule has 0 aliphatic carbocycles. The molecule has 0 bridgehead atoms.